The second-order valence-electron chi connectivity index (χ2n) is 6.65. The van der Waals surface area contributed by atoms with Crippen molar-refractivity contribution in [2.75, 3.05) is 6.61 Å². The zero-order valence-electron chi connectivity index (χ0n) is 14.6. The molecule has 0 fully saturated rings. The number of amides is 1. The third kappa shape index (κ3) is 4.20. The van der Waals surface area contributed by atoms with E-state index in [0.717, 1.165) is 29.7 Å². The molecule has 1 aliphatic rings. The Bertz CT molecular complexity index is 726. The van der Waals surface area contributed by atoms with Gasteiger partial charge in [-0.25, -0.2) is 0 Å². The minimum absolute atomic E-state index is 0.298. The normalized spacial score (nSPS) is 19.1. The van der Waals surface area contributed by atoms with Gasteiger partial charge in [0.05, 0.1) is 6.61 Å². The highest BCUT2D eigenvalue weighted by atomic mass is 16.5. The molecule has 0 aromatic heterocycles. The molecule has 3 rings (SSSR count). The number of ether oxygens (including phenoxy) is 1. The van der Waals surface area contributed by atoms with Crippen molar-refractivity contribution in [1.82, 2.24) is 5.32 Å². The second-order valence-corrected chi connectivity index (χ2v) is 6.65. The van der Waals surface area contributed by atoms with Crippen molar-refractivity contribution < 1.29 is 14.6 Å². The third-order valence-corrected chi connectivity index (χ3v) is 4.68. The molecule has 0 heterocycles. The number of carbonyl (C=O) groups excluding carboxylic acids is 1. The van der Waals surface area contributed by atoms with Crippen molar-refractivity contribution in [1.29, 1.82) is 0 Å². The summed E-state index contributed by atoms with van der Waals surface area (Å²) in [5.41, 5.74) is 1.95. The summed E-state index contributed by atoms with van der Waals surface area (Å²) in [7, 11) is 0. The van der Waals surface area contributed by atoms with Crippen LogP contribution in [0.1, 0.15) is 36.5 Å². The van der Waals surface area contributed by atoms with E-state index in [9.17, 15) is 9.90 Å². The van der Waals surface area contributed by atoms with Crippen LogP contribution in [0.2, 0.25) is 0 Å². The average Bonchev–Trinajstić information content (AvgIpc) is 2.65. The number of aryl methyl sites for hydroxylation is 1. The van der Waals surface area contributed by atoms with Crippen LogP contribution in [-0.4, -0.2) is 23.2 Å². The lowest BCUT2D eigenvalue weighted by Crippen LogP contribution is -2.50. The van der Waals surface area contributed by atoms with Crippen LogP contribution in [0.15, 0.2) is 48.5 Å². The molecule has 0 saturated heterocycles. The Hall–Kier alpha value is -2.33. The fourth-order valence-electron chi connectivity index (χ4n) is 3.18. The Kier molecular flexibility index (Phi) is 5.39. The van der Waals surface area contributed by atoms with E-state index >= 15 is 0 Å². The summed E-state index contributed by atoms with van der Waals surface area (Å²) >= 11 is 0. The van der Waals surface area contributed by atoms with E-state index in [1.165, 1.54) is 5.56 Å². The van der Waals surface area contributed by atoms with Crippen molar-refractivity contribution in [2.45, 2.75) is 44.8 Å². The number of aliphatic hydroxyl groups is 1. The van der Waals surface area contributed by atoms with E-state index in [1.54, 1.807) is 0 Å². The van der Waals surface area contributed by atoms with Crippen LogP contribution >= 0.6 is 0 Å². The van der Waals surface area contributed by atoms with Gasteiger partial charge in [-0.15, -0.1) is 0 Å². The molecular weight excluding hydrogens is 314 g/mol. The van der Waals surface area contributed by atoms with E-state index in [4.69, 9.17) is 4.74 Å². The molecule has 0 spiro atoms. The maximum Gasteiger partial charge on any atom is 0.252 e. The van der Waals surface area contributed by atoms with Gasteiger partial charge in [0.15, 0.2) is 0 Å². The molecule has 0 radical (unpaired) electrons. The van der Waals surface area contributed by atoms with Crippen LogP contribution in [0.25, 0.3) is 0 Å². The molecule has 1 aliphatic carbocycles. The van der Waals surface area contributed by atoms with Gasteiger partial charge in [-0.1, -0.05) is 43.3 Å². The zero-order chi connectivity index (χ0) is 17.7. The van der Waals surface area contributed by atoms with Crippen molar-refractivity contribution in [3.05, 3.63) is 65.2 Å². The topological polar surface area (TPSA) is 58.6 Å². The summed E-state index contributed by atoms with van der Waals surface area (Å²) in [5.74, 6) is 0.535. The van der Waals surface area contributed by atoms with E-state index in [2.05, 4.69) is 18.3 Å². The molecular formula is C21H25NO3. The number of hydrogen-bond donors (Lipinski definition) is 2. The first kappa shape index (κ1) is 17.5. The largest absolute Gasteiger partial charge is 0.494 e. The minimum atomic E-state index is -1.32. The molecule has 4 heteroatoms. The molecule has 0 saturated carbocycles. The number of benzene rings is 2. The Balaban J connectivity index is 1.57. The minimum Gasteiger partial charge on any atom is -0.494 e. The molecule has 2 N–H and O–H groups in total. The molecule has 1 amide bonds. The molecule has 0 bridgehead atoms. The summed E-state index contributed by atoms with van der Waals surface area (Å²) in [6.07, 6.45) is 2.53. The summed E-state index contributed by atoms with van der Waals surface area (Å²) in [4.78, 5) is 12.5. The van der Waals surface area contributed by atoms with Crippen molar-refractivity contribution in [3.63, 3.8) is 0 Å². The Morgan fingerprint density at radius 2 is 1.88 bits per heavy atom. The summed E-state index contributed by atoms with van der Waals surface area (Å²) in [6, 6.07) is 15.7. The van der Waals surface area contributed by atoms with Crippen LogP contribution in [0.4, 0.5) is 0 Å². The highest BCUT2D eigenvalue weighted by Gasteiger charge is 2.38. The summed E-state index contributed by atoms with van der Waals surface area (Å²) in [5, 5.41) is 13.6. The Morgan fingerprint density at radius 1 is 1.16 bits per heavy atom. The highest BCUT2D eigenvalue weighted by molar-refractivity contribution is 5.85. The van der Waals surface area contributed by atoms with Gasteiger partial charge in [0.25, 0.3) is 5.91 Å². The Morgan fingerprint density at radius 3 is 2.60 bits per heavy atom. The Labute approximate surface area is 148 Å². The van der Waals surface area contributed by atoms with Crippen molar-refractivity contribution >= 4 is 5.91 Å². The molecule has 25 heavy (non-hydrogen) atoms. The third-order valence-electron chi connectivity index (χ3n) is 4.68. The monoisotopic (exact) mass is 339 g/mol. The van der Waals surface area contributed by atoms with Crippen LogP contribution in [0.3, 0.4) is 0 Å². The number of nitrogens with one attached hydrogen (secondary N) is 1. The lowest BCUT2D eigenvalue weighted by atomic mass is 9.80. The molecule has 2 aromatic carbocycles. The molecule has 0 aliphatic heterocycles. The van der Waals surface area contributed by atoms with E-state index < -0.39 is 5.60 Å². The molecule has 1 atom stereocenters. The van der Waals surface area contributed by atoms with Gasteiger partial charge in [-0.3, -0.25) is 4.79 Å². The maximum absolute atomic E-state index is 12.5. The first-order chi connectivity index (χ1) is 12.1. The number of rotatable bonds is 6. The SMILES string of the molecule is CCCOc1ccc(CNC(=O)C2(O)CCc3ccccc3C2)cc1. The highest BCUT2D eigenvalue weighted by Crippen LogP contribution is 2.29. The lowest BCUT2D eigenvalue weighted by molar-refractivity contribution is -0.141. The van der Waals surface area contributed by atoms with Gasteiger partial charge in [-0.05, 0) is 48.1 Å². The van der Waals surface area contributed by atoms with Crippen LogP contribution in [-0.2, 0) is 24.2 Å². The van der Waals surface area contributed by atoms with E-state index in [-0.39, 0.29) is 5.91 Å². The predicted molar refractivity (Wildman–Crippen MR) is 97.5 cm³/mol. The molecule has 1 unspecified atom stereocenters. The lowest BCUT2D eigenvalue weighted by Gasteiger charge is -2.32. The number of fused-ring (bicyclic) bond motifs is 1. The van der Waals surface area contributed by atoms with Crippen molar-refractivity contribution in [3.8, 4) is 5.75 Å². The standard InChI is InChI=1S/C21H25NO3/c1-2-13-25-19-9-7-16(8-10-19)15-22-20(23)21(24)12-11-17-5-3-4-6-18(17)14-21/h3-10,24H,2,11-15H2,1H3,(H,22,23). The zero-order valence-corrected chi connectivity index (χ0v) is 14.6. The number of carbonyl (C=O) groups is 1. The maximum atomic E-state index is 12.5. The molecule has 4 nitrogen and oxygen atoms in total. The van der Waals surface area contributed by atoms with Crippen LogP contribution in [0, 0.1) is 0 Å². The predicted octanol–water partition coefficient (Wildman–Crippen LogP) is 3.01. The van der Waals surface area contributed by atoms with Gasteiger partial charge in [-0.2, -0.15) is 0 Å². The molecule has 2 aromatic rings. The van der Waals surface area contributed by atoms with Crippen molar-refractivity contribution in [2.24, 2.45) is 0 Å². The van der Waals surface area contributed by atoms with E-state index in [0.29, 0.717) is 26.0 Å². The van der Waals surface area contributed by atoms with Gasteiger partial charge < -0.3 is 15.2 Å². The van der Waals surface area contributed by atoms with Crippen LogP contribution < -0.4 is 10.1 Å². The average molecular weight is 339 g/mol. The number of hydrogen-bond acceptors (Lipinski definition) is 3. The molecule has 132 valence electrons. The quantitative estimate of drug-likeness (QED) is 0.850. The van der Waals surface area contributed by atoms with Gasteiger partial charge in [0.1, 0.15) is 11.4 Å². The smallest absolute Gasteiger partial charge is 0.252 e. The van der Waals surface area contributed by atoms with Gasteiger partial charge in [0, 0.05) is 13.0 Å². The fraction of sp³-hybridized carbons (Fsp3) is 0.381. The first-order valence-electron chi connectivity index (χ1n) is 8.90. The van der Waals surface area contributed by atoms with E-state index in [1.807, 2.05) is 42.5 Å². The second kappa shape index (κ2) is 7.70. The first-order valence-corrected chi connectivity index (χ1v) is 8.90. The fourth-order valence-corrected chi connectivity index (χ4v) is 3.18. The van der Waals surface area contributed by atoms with Gasteiger partial charge in [0.2, 0.25) is 0 Å². The van der Waals surface area contributed by atoms with Crippen LogP contribution in [0.5, 0.6) is 5.75 Å². The van der Waals surface area contributed by atoms with Gasteiger partial charge >= 0.3 is 0 Å². The summed E-state index contributed by atoms with van der Waals surface area (Å²) in [6.45, 7) is 3.17. The summed E-state index contributed by atoms with van der Waals surface area (Å²) < 4.78 is 5.55.